The van der Waals surface area contributed by atoms with Crippen LogP contribution in [0.15, 0.2) is 24.3 Å². The Hall–Kier alpha value is -1.22. The van der Waals surface area contributed by atoms with Gasteiger partial charge in [-0.25, -0.2) is 0 Å². The lowest BCUT2D eigenvalue weighted by Gasteiger charge is -2.42. The molecule has 94 valence electrons. The van der Waals surface area contributed by atoms with Gasteiger partial charge in [0.2, 0.25) is 0 Å². The molecule has 0 aromatic heterocycles. The van der Waals surface area contributed by atoms with Crippen molar-refractivity contribution in [1.82, 2.24) is 0 Å². The van der Waals surface area contributed by atoms with Crippen molar-refractivity contribution in [2.75, 3.05) is 18.6 Å². The van der Waals surface area contributed by atoms with Crippen LogP contribution in [0, 0.1) is 5.92 Å². The summed E-state index contributed by atoms with van der Waals surface area (Å²) >= 11 is 0. The Morgan fingerprint density at radius 2 is 2.12 bits per heavy atom. The maximum absolute atomic E-state index is 6.11. The fraction of sp³-hybridized carbons (Fsp3) is 0.571. The lowest BCUT2D eigenvalue weighted by Crippen LogP contribution is -2.51. The molecule has 1 fully saturated rings. The summed E-state index contributed by atoms with van der Waals surface area (Å²) in [7, 11) is 1.71. The number of hydrogen-bond acceptors (Lipinski definition) is 3. The van der Waals surface area contributed by atoms with Crippen LogP contribution in [0.1, 0.15) is 20.3 Å². The van der Waals surface area contributed by atoms with Crippen molar-refractivity contribution in [2.45, 2.75) is 32.4 Å². The maximum atomic E-state index is 6.11. The topological polar surface area (TPSA) is 38.5 Å². The highest BCUT2D eigenvalue weighted by Crippen LogP contribution is 2.29. The fourth-order valence-electron chi connectivity index (χ4n) is 2.55. The second-order valence-electron chi connectivity index (χ2n) is 4.95. The van der Waals surface area contributed by atoms with E-state index in [1.165, 1.54) is 5.69 Å². The Morgan fingerprint density at radius 3 is 2.82 bits per heavy atom. The van der Waals surface area contributed by atoms with Crippen molar-refractivity contribution < 1.29 is 4.74 Å². The van der Waals surface area contributed by atoms with Crippen LogP contribution in [-0.2, 0) is 0 Å². The van der Waals surface area contributed by atoms with Gasteiger partial charge in [0.15, 0.2) is 0 Å². The van der Waals surface area contributed by atoms with Crippen LogP contribution in [0.4, 0.5) is 5.69 Å². The third-order valence-corrected chi connectivity index (χ3v) is 4.02. The molecule has 0 saturated carbocycles. The molecule has 3 unspecified atom stereocenters. The molecule has 1 aromatic carbocycles. The number of rotatable bonds is 2. The molecule has 1 saturated heterocycles. The van der Waals surface area contributed by atoms with Crippen molar-refractivity contribution in [3.63, 3.8) is 0 Å². The van der Waals surface area contributed by atoms with Crippen LogP contribution < -0.4 is 15.4 Å². The molecular formula is C14H22N2O. The molecule has 0 amide bonds. The van der Waals surface area contributed by atoms with Crippen LogP contribution in [0.3, 0.4) is 0 Å². The van der Waals surface area contributed by atoms with Gasteiger partial charge in [0.05, 0.1) is 7.11 Å². The number of hydrogen-bond donors (Lipinski definition) is 1. The van der Waals surface area contributed by atoms with Gasteiger partial charge in [-0.1, -0.05) is 13.0 Å². The Labute approximate surface area is 104 Å². The molecule has 1 aliphatic rings. The molecule has 0 aliphatic carbocycles. The number of nitrogens with two attached hydrogens (primary N) is 1. The van der Waals surface area contributed by atoms with Crippen molar-refractivity contribution >= 4 is 5.69 Å². The van der Waals surface area contributed by atoms with Crippen LogP contribution >= 0.6 is 0 Å². The quantitative estimate of drug-likeness (QED) is 0.853. The largest absolute Gasteiger partial charge is 0.497 e. The minimum Gasteiger partial charge on any atom is -0.497 e. The van der Waals surface area contributed by atoms with Gasteiger partial charge < -0.3 is 15.4 Å². The Morgan fingerprint density at radius 1 is 1.35 bits per heavy atom. The third-order valence-electron chi connectivity index (χ3n) is 4.02. The van der Waals surface area contributed by atoms with E-state index in [9.17, 15) is 0 Å². The van der Waals surface area contributed by atoms with Crippen LogP contribution in [-0.4, -0.2) is 25.7 Å². The minimum atomic E-state index is 0.326. The molecular weight excluding hydrogens is 212 g/mol. The van der Waals surface area contributed by atoms with E-state index in [2.05, 4.69) is 30.9 Å². The number of nitrogens with zero attached hydrogens (tertiary/aromatic N) is 1. The predicted molar refractivity (Wildman–Crippen MR) is 71.6 cm³/mol. The SMILES string of the molecule is COc1cccc(N2CCC(N)C(C)C2C)c1. The average Bonchev–Trinajstić information content (AvgIpc) is 2.36. The highest BCUT2D eigenvalue weighted by Gasteiger charge is 2.30. The van der Waals surface area contributed by atoms with Crippen molar-refractivity contribution in [3.8, 4) is 5.75 Å². The van der Waals surface area contributed by atoms with E-state index in [1.807, 2.05) is 12.1 Å². The lowest BCUT2D eigenvalue weighted by molar-refractivity contribution is 0.315. The highest BCUT2D eigenvalue weighted by molar-refractivity contribution is 5.52. The second-order valence-corrected chi connectivity index (χ2v) is 4.95. The van der Waals surface area contributed by atoms with Gasteiger partial charge in [0.1, 0.15) is 5.75 Å². The molecule has 0 bridgehead atoms. The molecule has 17 heavy (non-hydrogen) atoms. The molecule has 1 heterocycles. The zero-order valence-corrected chi connectivity index (χ0v) is 10.9. The van der Waals surface area contributed by atoms with Crippen molar-refractivity contribution in [2.24, 2.45) is 11.7 Å². The monoisotopic (exact) mass is 234 g/mol. The Bertz CT molecular complexity index is 380. The smallest absolute Gasteiger partial charge is 0.120 e. The molecule has 0 spiro atoms. The van der Waals surface area contributed by atoms with Gasteiger partial charge in [-0.05, 0) is 31.4 Å². The van der Waals surface area contributed by atoms with Crippen LogP contribution in [0.2, 0.25) is 0 Å². The maximum Gasteiger partial charge on any atom is 0.120 e. The van der Waals surface area contributed by atoms with E-state index < -0.39 is 0 Å². The summed E-state index contributed by atoms with van der Waals surface area (Å²) < 4.78 is 5.28. The molecule has 3 atom stereocenters. The lowest BCUT2D eigenvalue weighted by atomic mass is 9.87. The van der Waals surface area contributed by atoms with Gasteiger partial charge in [-0.15, -0.1) is 0 Å². The van der Waals surface area contributed by atoms with E-state index >= 15 is 0 Å². The number of anilines is 1. The molecule has 3 heteroatoms. The van der Waals surface area contributed by atoms with Crippen molar-refractivity contribution in [1.29, 1.82) is 0 Å². The van der Waals surface area contributed by atoms with Gasteiger partial charge in [-0.3, -0.25) is 0 Å². The van der Waals surface area contributed by atoms with Gasteiger partial charge in [0, 0.05) is 30.4 Å². The Balaban J connectivity index is 2.21. The minimum absolute atomic E-state index is 0.326. The van der Waals surface area contributed by atoms with E-state index in [0.29, 0.717) is 18.0 Å². The van der Waals surface area contributed by atoms with Crippen molar-refractivity contribution in [3.05, 3.63) is 24.3 Å². The van der Waals surface area contributed by atoms with E-state index in [0.717, 1.165) is 18.7 Å². The summed E-state index contributed by atoms with van der Waals surface area (Å²) in [4.78, 5) is 2.43. The zero-order chi connectivity index (χ0) is 12.4. The average molecular weight is 234 g/mol. The van der Waals surface area contributed by atoms with Gasteiger partial charge >= 0.3 is 0 Å². The molecule has 2 rings (SSSR count). The fourth-order valence-corrected chi connectivity index (χ4v) is 2.55. The summed E-state index contributed by atoms with van der Waals surface area (Å²) in [6.07, 6.45) is 1.06. The number of piperidine rings is 1. The molecule has 3 nitrogen and oxygen atoms in total. The summed E-state index contributed by atoms with van der Waals surface area (Å²) in [5.41, 5.74) is 7.35. The first-order chi connectivity index (χ1) is 8.13. The molecule has 1 aliphatic heterocycles. The summed E-state index contributed by atoms with van der Waals surface area (Å²) in [5.74, 6) is 1.44. The predicted octanol–water partition coefficient (Wildman–Crippen LogP) is 2.26. The highest BCUT2D eigenvalue weighted by atomic mass is 16.5. The summed E-state index contributed by atoms with van der Waals surface area (Å²) in [5, 5.41) is 0. The van der Waals surface area contributed by atoms with E-state index in [1.54, 1.807) is 7.11 Å². The standard InChI is InChI=1S/C14H22N2O/c1-10-11(2)16(8-7-14(10)15)12-5-4-6-13(9-12)17-3/h4-6,9-11,14H,7-8,15H2,1-3H3. The normalized spacial score (nSPS) is 29.2. The number of ether oxygens (including phenoxy) is 1. The number of methoxy groups -OCH3 is 1. The summed E-state index contributed by atoms with van der Waals surface area (Å²) in [6.45, 7) is 5.52. The van der Waals surface area contributed by atoms with Crippen LogP contribution in [0.25, 0.3) is 0 Å². The molecule has 2 N–H and O–H groups in total. The number of benzene rings is 1. The molecule has 0 radical (unpaired) electrons. The zero-order valence-electron chi connectivity index (χ0n) is 10.9. The molecule has 1 aromatic rings. The first kappa shape index (κ1) is 12.2. The third kappa shape index (κ3) is 2.39. The van der Waals surface area contributed by atoms with E-state index in [-0.39, 0.29) is 0 Å². The van der Waals surface area contributed by atoms with Gasteiger partial charge in [0.25, 0.3) is 0 Å². The second kappa shape index (κ2) is 4.96. The first-order valence-electron chi connectivity index (χ1n) is 6.29. The Kier molecular flexibility index (Phi) is 3.57. The van der Waals surface area contributed by atoms with Crippen LogP contribution in [0.5, 0.6) is 5.75 Å². The van der Waals surface area contributed by atoms with Gasteiger partial charge in [-0.2, -0.15) is 0 Å². The van der Waals surface area contributed by atoms with E-state index in [4.69, 9.17) is 10.5 Å². The first-order valence-corrected chi connectivity index (χ1v) is 6.29. The summed E-state index contributed by atoms with van der Waals surface area (Å²) in [6, 6.07) is 9.06.